The van der Waals surface area contributed by atoms with E-state index in [1.54, 1.807) is 6.07 Å². The molecule has 5 heteroatoms. The average Bonchev–Trinajstić information content (AvgIpc) is 2.34. The molecule has 1 saturated heterocycles. The number of ether oxygens (including phenoxy) is 1. The van der Waals surface area contributed by atoms with E-state index in [2.05, 4.69) is 4.90 Å². The van der Waals surface area contributed by atoms with E-state index in [0.29, 0.717) is 19.7 Å². The summed E-state index contributed by atoms with van der Waals surface area (Å²) in [4.78, 5) is 2.19. The molecule has 1 aromatic carbocycles. The molecular formula is C13H20ClFN2O. The third kappa shape index (κ3) is 3.92. The van der Waals surface area contributed by atoms with Crippen LogP contribution in [0, 0.1) is 12.7 Å². The van der Waals surface area contributed by atoms with E-state index >= 15 is 0 Å². The molecule has 0 bridgehead atoms. The van der Waals surface area contributed by atoms with Crippen LogP contribution in [0.15, 0.2) is 18.2 Å². The first-order chi connectivity index (χ1) is 8.19. The van der Waals surface area contributed by atoms with Crippen LogP contribution in [0.5, 0.6) is 0 Å². The van der Waals surface area contributed by atoms with Gasteiger partial charge in [-0.2, -0.15) is 0 Å². The van der Waals surface area contributed by atoms with Gasteiger partial charge in [0.15, 0.2) is 0 Å². The first-order valence-corrected chi connectivity index (χ1v) is 5.98. The summed E-state index contributed by atoms with van der Waals surface area (Å²) in [7, 11) is 0. The Morgan fingerprint density at radius 3 is 3.00 bits per heavy atom. The standard InChI is InChI=1S/C13H19FN2O.ClH/c1-10-2-3-13(14)11(6-10)8-16-4-5-17-12(7-15)9-16;/h2-3,6,12H,4-5,7-9,15H2,1H3;1H. The minimum absolute atomic E-state index is 0. The van der Waals surface area contributed by atoms with Gasteiger partial charge in [0.2, 0.25) is 0 Å². The summed E-state index contributed by atoms with van der Waals surface area (Å²) in [5.41, 5.74) is 7.43. The number of halogens is 2. The molecule has 0 spiro atoms. The van der Waals surface area contributed by atoms with Crippen LogP contribution in [0.3, 0.4) is 0 Å². The van der Waals surface area contributed by atoms with Gasteiger partial charge >= 0.3 is 0 Å². The second-order valence-corrected chi connectivity index (χ2v) is 4.56. The van der Waals surface area contributed by atoms with Crippen LogP contribution >= 0.6 is 12.4 Å². The Kier molecular flexibility index (Phi) is 6.02. The highest BCUT2D eigenvalue weighted by atomic mass is 35.5. The molecule has 1 atom stereocenters. The molecule has 1 aliphatic rings. The van der Waals surface area contributed by atoms with Gasteiger partial charge in [0.25, 0.3) is 0 Å². The van der Waals surface area contributed by atoms with Crippen molar-refractivity contribution in [1.29, 1.82) is 0 Å². The Labute approximate surface area is 114 Å². The first-order valence-electron chi connectivity index (χ1n) is 5.98. The number of benzene rings is 1. The molecule has 0 amide bonds. The van der Waals surface area contributed by atoms with E-state index in [-0.39, 0.29) is 24.3 Å². The fraction of sp³-hybridized carbons (Fsp3) is 0.538. The van der Waals surface area contributed by atoms with E-state index in [1.807, 2.05) is 13.0 Å². The number of nitrogens with two attached hydrogens (primary N) is 1. The molecule has 0 aliphatic carbocycles. The summed E-state index contributed by atoms with van der Waals surface area (Å²) in [6, 6.07) is 5.23. The summed E-state index contributed by atoms with van der Waals surface area (Å²) < 4.78 is 19.1. The normalized spacial score (nSPS) is 20.5. The minimum atomic E-state index is -0.133. The Hall–Kier alpha value is -0.680. The van der Waals surface area contributed by atoms with E-state index in [0.717, 1.165) is 24.2 Å². The molecule has 0 saturated carbocycles. The van der Waals surface area contributed by atoms with Crippen LogP contribution in [-0.4, -0.2) is 37.2 Å². The van der Waals surface area contributed by atoms with Crippen molar-refractivity contribution in [2.24, 2.45) is 5.73 Å². The minimum Gasteiger partial charge on any atom is -0.374 e. The van der Waals surface area contributed by atoms with Crippen molar-refractivity contribution >= 4 is 12.4 Å². The van der Waals surface area contributed by atoms with Gasteiger partial charge in [-0.3, -0.25) is 4.90 Å². The second-order valence-electron chi connectivity index (χ2n) is 4.56. The molecule has 2 rings (SSSR count). The number of nitrogens with zero attached hydrogens (tertiary/aromatic N) is 1. The number of hydrogen-bond donors (Lipinski definition) is 1. The lowest BCUT2D eigenvalue weighted by Crippen LogP contribution is -2.45. The predicted molar refractivity (Wildman–Crippen MR) is 72.5 cm³/mol. The van der Waals surface area contributed by atoms with Gasteiger partial charge < -0.3 is 10.5 Å². The van der Waals surface area contributed by atoms with Crippen molar-refractivity contribution in [2.45, 2.75) is 19.6 Å². The molecule has 1 aromatic rings. The maximum atomic E-state index is 13.6. The Balaban J connectivity index is 0.00000162. The van der Waals surface area contributed by atoms with E-state index < -0.39 is 0 Å². The van der Waals surface area contributed by atoms with Crippen LogP contribution in [0.1, 0.15) is 11.1 Å². The fourth-order valence-corrected chi connectivity index (χ4v) is 2.13. The van der Waals surface area contributed by atoms with Gasteiger partial charge in [-0.1, -0.05) is 17.7 Å². The van der Waals surface area contributed by atoms with Gasteiger partial charge in [-0.05, 0) is 13.0 Å². The van der Waals surface area contributed by atoms with E-state index in [4.69, 9.17) is 10.5 Å². The molecule has 102 valence electrons. The van der Waals surface area contributed by atoms with Crippen LogP contribution in [-0.2, 0) is 11.3 Å². The molecular weight excluding hydrogens is 255 g/mol. The molecule has 0 aromatic heterocycles. The van der Waals surface area contributed by atoms with E-state index in [9.17, 15) is 4.39 Å². The highest BCUT2D eigenvalue weighted by molar-refractivity contribution is 5.85. The zero-order valence-electron chi connectivity index (χ0n) is 10.6. The van der Waals surface area contributed by atoms with Gasteiger partial charge in [0.05, 0.1) is 12.7 Å². The van der Waals surface area contributed by atoms with Crippen LogP contribution in [0.25, 0.3) is 0 Å². The van der Waals surface area contributed by atoms with Gasteiger partial charge in [0.1, 0.15) is 5.82 Å². The molecule has 18 heavy (non-hydrogen) atoms. The smallest absolute Gasteiger partial charge is 0.127 e. The zero-order chi connectivity index (χ0) is 12.3. The Bertz CT molecular complexity index is 389. The van der Waals surface area contributed by atoms with Crippen LogP contribution in [0.4, 0.5) is 4.39 Å². The lowest BCUT2D eigenvalue weighted by Gasteiger charge is -2.32. The molecule has 3 nitrogen and oxygen atoms in total. The van der Waals surface area contributed by atoms with Crippen LogP contribution in [0.2, 0.25) is 0 Å². The topological polar surface area (TPSA) is 38.5 Å². The molecule has 1 aliphatic heterocycles. The van der Waals surface area contributed by atoms with Crippen molar-refractivity contribution in [3.05, 3.63) is 35.1 Å². The number of aryl methyl sites for hydroxylation is 1. The molecule has 2 N–H and O–H groups in total. The summed E-state index contributed by atoms with van der Waals surface area (Å²) >= 11 is 0. The third-order valence-electron chi connectivity index (χ3n) is 3.08. The molecule has 1 heterocycles. The Morgan fingerprint density at radius 1 is 1.50 bits per heavy atom. The molecule has 1 fully saturated rings. The monoisotopic (exact) mass is 274 g/mol. The maximum Gasteiger partial charge on any atom is 0.127 e. The van der Waals surface area contributed by atoms with Crippen molar-refractivity contribution in [3.63, 3.8) is 0 Å². The zero-order valence-corrected chi connectivity index (χ0v) is 11.4. The van der Waals surface area contributed by atoms with Crippen molar-refractivity contribution in [2.75, 3.05) is 26.2 Å². The summed E-state index contributed by atoms with van der Waals surface area (Å²) in [5.74, 6) is -0.133. The Morgan fingerprint density at radius 2 is 2.28 bits per heavy atom. The predicted octanol–water partition coefficient (Wildman–Crippen LogP) is 1.72. The van der Waals surface area contributed by atoms with Crippen molar-refractivity contribution < 1.29 is 9.13 Å². The van der Waals surface area contributed by atoms with Gasteiger partial charge in [0, 0.05) is 31.7 Å². The molecule has 0 radical (unpaired) electrons. The summed E-state index contributed by atoms with van der Waals surface area (Å²) in [6.45, 7) is 5.42. The average molecular weight is 275 g/mol. The van der Waals surface area contributed by atoms with Crippen molar-refractivity contribution in [3.8, 4) is 0 Å². The molecule has 1 unspecified atom stereocenters. The maximum absolute atomic E-state index is 13.6. The fourth-order valence-electron chi connectivity index (χ4n) is 2.13. The lowest BCUT2D eigenvalue weighted by atomic mass is 10.1. The van der Waals surface area contributed by atoms with Crippen molar-refractivity contribution in [1.82, 2.24) is 4.90 Å². The lowest BCUT2D eigenvalue weighted by molar-refractivity contribution is -0.0263. The first kappa shape index (κ1) is 15.4. The van der Waals surface area contributed by atoms with Crippen LogP contribution < -0.4 is 5.73 Å². The number of morpholine rings is 1. The van der Waals surface area contributed by atoms with Gasteiger partial charge in [-0.15, -0.1) is 12.4 Å². The highest BCUT2D eigenvalue weighted by Gasteiger charge is 2.19. The number of rotatable bonds is 3. The van der Waals surface area contributed by atoms with Gasteiger partial charge in [-0.25, -0.2) is 4.39 Å². The summed E-state index contributed by atoms with van der Waals surface area (Å²) in [5, 5.41) is 0. The third-order valence-corrected chi connectivity index (χ3v) is 3.08. The quantitative estimate of drug-likeness (QED) is 0.912. The summed E-state index contributed by atoms with van der Waals surface area (Å²) in [6.07, 6.45) is 0.0802. The number of hydrogen-bond acceptors (Lipinski definition) is 3. The van der Waals surface area contributed by atoms with E-state index in [1.165, 1.54) is 6.07 Å². The second kappa shape index (κ2) is 7.04. The highest BCUT2D eigenvalue weighted by Crippen LogP contribution is 2.14. The SMILES string of the molecule is Cc1ccc(F)c(CN2CCOC(CN)C2)c1.Cl. The largest absolute Gasteiger partial charge is 0.374 e.